The molecule has 0 saturated heterocycles. The largest absolute Gasteiger partial charge is 0.331 e. The average molecular weight is 225 g/mol. The monoisotopic (exact) mass is 225 g/mol. The topological polar surface area (TPSA) is 32.6 Å². The molecule has 84 valence electrons. The van der Waals surface area contributed by atoms with Crippen LogP contribution in [0.4, 0.5) is 0 Å². The molecule has 1 unspecified atom stereocenters. The van der Waals surface area contributed by atoms with Crippen molar-refractivity contribution in [3.05, 3.63) is 35.9 Å². The Balaban J connectivity index is 2.83. The first-order valence-electron chi connectivity index (χ1n) is 4.94. The van der Waals surface area contributed by atoms with E-state index in [0.29, 0.717) is 0 Å². The van der Waals surface area contributed by atoms with E-state index in [-0.39, 0.29) is 4.75 Å². The van der Waals surface area contributed by atoms with Crippen molar-refractivity contribution in [3.8, 4) is 0 Å². The highest BCUT2D eigenvalue weighted by Gasteiger charge is 2.28. The highest BCUT2D eigenvalue weighted by molar-refractivity contribution is 8.28. The van der Waals surface area contributed by atoms with Gasteiger partial charge in [0.1, 0.15) is 0 Å². The van der Waals surface area contributed by atoms with Gasteiger partial charge in [0.15, 0.2) is 0 Å². The maximum absolute atomic E-state index is 10.2. The Morgan fingerprint density at radius 1 is 1.20 bits per heavy atom. The maximum Gasteiger partial charge on any atom is 0.0428 e. The summed E-state index contributed by atoms with van der Waals surface area (Å²) in [4.78, 5) is 0. The Kier molecular flexibility index (Phi) is 3.58. The molecule has 0 amide bonds. The SMILES string of the molecule is CC(C)(C)S(C)(O)N=Cc1ccccc1. The summed E-state index contributed by atoms with van der Waals surface area (Å²) in [5.41, 5.74) is 1.02. The van der Waals surface area contributed by atoms with E-state index >= 15 is 0 Å². The molecule has 1 aromatic rings. The van der Waals surface area contributed by atoms with Crippen LogP contribution in [0.5, 0.6) is 0 Å². The fraction of sp³-hybridized carbons (Fsp3) is 0.417. The van der Waals surface area contributed by atoms with Gasteiger partial charge in [0.05, 0.1) is 0 Å². The quantitative estimate of drug-likeness (QED) is 0.764. The second-order valence-electron chi connectivity index (χ2n) is 4.59. The van der Waals surface area contributed by atoms with Crippen molar-refractivity contribution in [2.24, 2.45) is 4.40 Å². The first-order valence-corrected chi connectivity index (χ1v) is 6.89. The van der Waals surface area contributed by atoms with E-state index in [1.165, 1.54) is 0 Å². The Hall–Kier alpha value is -0.800. The van der Waals surface area contributed by atoms with E-state index < -0.39 is 10.5 Å². The molecule has 0 fully saturated rings. The molecule has 1 N–H and O–H groups in total. The van der Waals surface area contributed by atoms with E-state index in [9.17, 15) is 4.55 Å². The number of rotatable bonds is 2. The average Bonchev–Trinajstić information content (AvgIpc) is 2.15. The van der Waals surface area contributed by atoms with Crippen LogP contribution in [-0.2, 0) is 0 Å². The number of hydrogen-bond donors (Lipinski definition) is 1. The number of benzene rings is 1. The van der Waals surface area contributed by atoms with Crippen molar-refractivity contribution in [2.45, 2.75) is 25.5 Å². The fourth-order valence-corrected chi connectivity index (χ4v) is 1.50. The van der Waals surface area contributed by atoms with Crippen LogP contribution >= 0.6 is 10.5 Å². The molecule has 1 aromatic carbocycles. The highest BCUT2D eigenvalue weighted by Crippen LogP contribution is 2.53. The highest BCUT2D eigenvalue weighted by atomic mass is 32.3. The molecule has 0 heterocycles. The van der Waals surface area contributed by atoms with E-state index in [4.69, 9.17) is 0 Å². The maximum atomic E-state index is 10.2. The van der Waals surface area contributed by atoms with Gasteiger partial charge in [0.25, 0.3) is 0 Å². The third kappa shape index (κ3) is 3.36. The lowest BCUT2D eigenvalue weighted by Gasteiger charge is -2.37. The molecule has 2 nitrogen and oxygen atoms in total. The summed E-state index contributed by atoms with van der Waals surface area (Å²) in [6.45, 7) is 6.01. The van der Waals surface area contributed by atoms with E-state index in [1.807, 2.05) is 57.4 Å². The van der Waals surface area contributed by atoms with Crippen molar-refractivity contribution >= 4 is 16.7 Å². The molecule has 0 saturated carbocycles. The third-order valence-corrected chi connectivity index (χ3v) is 5.20. The summed E-state index contributed by atoms with van der Waals surface area (Å²) in [6.07, 6.45) is 3.56. The van der Waals surface area contributed by atoms with Crippen LogP contribution in [0.2, 0.25) is 0 Å². The molecule has 0 aliphatic carbocycles. The van der Waals surface area contributed by atoms with Crippen LogP contribution in [0.1, 0.15) is 26.3 Å². The Morgan fingerprint density at radius 3 is 2.20 bits per heavy atom. The van der Waals surface area contributed by atoms with Crippen molar-refractivity contribution < 1.29 is 4.55 Å². The summed E-state index contributed by atoms with van der Waals surface area (Å²) in [6, 6.07) is 9.83. The van der Waals surface area contributed by atoms with Crippen LogP contribution in [0.25, 0.3) is 0 Å². The standard InChI is InChI=1S/C12H19NOS/c1-12(2,3)15(4,14)13-10-11-8-6-5-7-9-11/h5-10,14H,1-4H3. The van der Waals surface area contributed by atoms with E-state index in [2.05, 4.69) is 4.40 Å². The Bertz CT molecular complexity index is 338. The minimum atomic E-state index is -1.93. The molecular weight excluding hydrogens is 206 g/mol. The minimum absolute atomic E-state index is 0.182. The molecule has 15 heavy (non-hydrogen) atoms. The zero-order chi connectivity index (χ0) is 11.5. The lowest BCUT2D eigenvalue weighted by Crippen LogP contribution is -2.21. The van der Waals surface area contributed by atoms with E-state index in [1.54, 1.807) is 6.21 Å². The summed E-state index contributed by atoms with van der Waals surface area (Å²) in [5.74, 6) is 0. The lowest BCUT2D eigenvalue weighted by molar-refractivity contribution is 0.588. The molecule has 1 rings (SSSR count). The molecule has 0 spiro atoms. The lowest BCUT2D eigenvalue weighted by atomic mass is 10.2. The molecule has 0 bridgehead atoms. The van der Waals surface area contributed by atoms with Crippen LogP contribution in [-0.4, -0.2) is 21.8 Å². The third-order valence-electron chi connectivity index (χ3n) is 2.37. The molecule has 0 radical (unpaired) electrons. The van der Waals surface area contributed by atoms with Gasteiger partial charge >= 0.3 is 0 Å². The van der Waals surface area contributed by atoms with Gasteiger partial charge in [-0.3, -0.25) is 0 Å². The second-order valence-corrected chi connectivity index (χ2v) is 7.69. The van der Waals surface area contributed by atoms with Crippen LogP contribution in [0, 0.1) is 0 Å². The summed E-state index contributed by atoms with van der Waals surface area (Å²) >= 11 is 0. The van der Waals surface area contributed by atoms with E-state index in [0.717, 1.165) is 5.56 Å². The first kappa shape index (κ1) is 12.3. The van der Waals surface area contributed by atoms with Crippen molar-refractivity contribution in [1.82, 2.24) is 0 Å². The second kappa shape index (κ2) is 4.37. The van der Waals surface area contributed by atoms with Crippen molar-refractivity contribution in [1.29, 1.82) is 0 Å². The summed E-state index contributed by atoms with van der Waals surface area (Å²) < 4.78 is 14.3. The molecule has 3 heteroatoms. The van der Waals surface area contributed by atoms with Crippen LogP contribution < -0.4 is 0 Å². The Morgan fingerprint density at radius 2 is 1.73 bits per heavy atom. The molecule has 0 aliphatic rings. The smallest absolute Gasteiger partial charge is 0.0428 e. The summed E-state index contributed by atoms with van der Waals surface area (Å²) in [7, 11) is -1.93. The van der Waals surface area contributed by atoms with Gasteiger partial charge in [-0.25, -0.2) is 4.40 Å². The van der Waals surface area contributed by atoms with Crippen molar-refractivity contribution in [2.75, 3.05) is 6.26 Å². The fourth-order valence-electron chi connectivity index (χ4n) is 0.861. The molecule has 1 atom stereocenters. The molecular formula is C12H19NOS. The zero-order valence-corrected chi connectivity index (χ0v) is 10.6. The summed E-state index contributed by atoms with van der Waals surface area (Å²) in [5, 5.41) is 0. The predicted molar refractivity (Wildman–Crippen MR) is 69.9 cm³/mol. The van der Waals surface area contributed by atoms with Gasteiger partial charge in [0.2, 0.25) is 0 Å². The van der Waals surface area contributed by atoms with Gasteiger partial charge in [-0.1, -0.05) is 30.3 Å². The van der Waals surface area contributed by atoms with Gasteiger partial charge in [0, 0.05) is 17.2 Å². The van der Waals surface area contributed by atoms with Gasteiger partial charge in [-0.2, -0.15) is 0 Å². The zero-order valence-electron chi connectivity index (χ0n) is 9.77. The number of hydrogen-bond acceptors (Lipinski definition) is 2. The normalized spacial score (nSPS) is 18.7. The van der Waals surface area contributed by atoms with Crippen LogP contribution in [0.3, 0.4) is 0 Å². The van der Waals surface area contributed by atoms with Crippen molar-refractivity contribution in [3.63, 3.8) is 0 Å². The first-order chi connectivity index (χ1) is 6.83. The predicted octanol–water partition coefficient (Wildman–Crippen LogP) is 3.73. The molecule has 0 aromatic heterocycles. The van der Waals surface area contributed by atoms with Crippen LogP contribution in [0.15, 0.2) is 34.7 Å². The Labute approximate surface area is 93.7 Å². The number of nitrogens with zero attached hydrogens (tertiary/aromatic N) is 1. The minimum Gasteiger partial charge on any atom is -0.331 e. The van der Waals surface area contributed by atoms with Gasteiger partial charge in [-0.15, -0.1) is 0 Å². The molecule has 0 aliphatic heterocycles. The van der Waals surface area contributed by atoms with Gasteiger partial charge < -0.3 is 4.55 Å². The van der Waals surface area contributed by atoms with Gasteiger partial charge in [-0.05, 0) is 36.8 Å².